The van der Waals surface area contributed by atoms with Crippen molar-refractivity contribution in [3.8, 4) is 62.1 Å². The van der Waals surface area contributed by atoms with Gasteiger partial charge in [0.2, 0.25) is 0 Å². The predicted octanol–water partition coefficient (Wildman–Crippen LogP) is 14.8. The molecule has 2 aromatic heterocycles. The highest BCUT2D eigenvalue weighted by Gasteiger charge is 2.24. The van der Waals surface area contributed by atoms with Crippen LogP contribution in [-0.2, 0) is 0 Å². The van der Waals surface area contributed by atoms with Gasteiger partial charge in [-0.3, -0.25) is 0 Å². The Morgan fingerprint density at radius 2 is 0.803 bits per heavy atom. The SMILES string of the molecule is c1ccc(-c2cccc(-c3cc(-c4nc(-c5ccccc5)nc(-c5ccccc5)n4)c4ccccc4c3-n3c4cc5ccccc5cc4c4c5ccccc5ccc43)c2)cc1. The van der Waals surface area contributed by atoms with Crippen molar-refractivity contribution in [3.05, 3.63) is 218 Å². The van der Waals surface area contributed by atoms with Crippen LogP contribution in [0.1, 0.15) is 0 Å². The van der Waals surface area contributed by atoms with Gasteiger partial charge < -0.3 is 4.57 Å². The van der Waals surface area contributed by atoms with E-state index in [0.717, 1.165) is 60.9 Å². The van der Waals surface area contributed by atoms with Crippen LogP contribution in [0.25, 0.3) is 116 Å². The summed E-state index contributed by atoms with van der Waals surface area (Å²) >= 11 is 0. The average Bonchev–Trinajstić information content (AvgIpc) is 3.66. The minimum Gasteiger partial charge on any atom is -0.308 e. The zero-order chi connectivity index (χ0) is 40.3. The van der Waals surface area contributed by atoms with Crippen LogP contribution < -0.4 is 0 Å². The third-order valence-electron chi connectivity index (χ3n) is 12.0. The highest BCUT2D eigenvalue weighted by atomic mass is 15.0. The smallest absolute Gasteiger partial charge is 0.164 e. The van der Waals surface area contributed by atoms with Gasteiger partial charge >= 0.3 is 0 Å². The first-order valence-corrected chi connectivity index (χ1v) is 20.7. The van der Waals surface area contributed by atoms with Crippen molar-refractivity contribution >= 4 is 54.1 Å². The first-order chi connectivity index (χ1) is 30.2. The van der Waals surface area contributed by atoms with E-state index in [1.807, 2.05) is 36.4 Å². The summed E-state index contributed by atoms with van der Waals surface area (Å²) in [5, 5.41) is 9.49. The lowest BCUT2D eigenvalue weighted by atomic mass is 9.92. The van der Waals surface area contributed by atoms with E-state index in [9.17, 15) is 0 Å². The molecule has 0 fully saturated rings. The average molecular weight is 777 g/mol. The molecule has 0 saturated carbocycles. The summed E-state index contributed by atoms with van der Waals surface area (Å²) in [7, 11) is 0. The normalized spacial score (nSPS) is 11.6. The van der Waals surface area contributed by atoms with E-state index >= 15 is 0 Å². The Morgan fingerprint density at radius 3 is 1.49 bits per heavy atom. The molecule has 0 radical (unpaired) electrons. The van der Waals surface area contributed by atoms with Gasteiger partial charge in [-0.1, -0.05) is 188 Å². The number of nitrogens with zero attached hydrogens (tertiary/aromatic N) is 4. The van der Waals surface area contributed by atoms with Crippen LogP contribution >= 0.6 is 0 Å². The first-order valence-electron chi connectivity index (χ1n) is 20.7. The highest BCUT2D eigenvalue weighted by molar-refractivity contribution is 6.24. The van der Waals surface area contributed by atoms with E-state index in [-0.39, 0.29) is 0 Å². The van der Waals surface area contributed by atoms with Crippen molar-refractivity contribution in [1.29, 1.82) is 0 Å². The zero-order valence-corrected chi connectivity index (χ0v) is 33.1. The summed E-state index contributed by atoms with van der Waals surface area (Å²) in [6.45, 7) is 0. The molecule has 0 spiro atoms. The molecule has 0 aliphatic carbocycles. The van der Waals surface area contributed by atoms with Crippen LogP contribution in [0.3, 0.4) is 0 Å². The van der Waals surface area contributed by atoms with E-state index in [2.05, 4.69) is 187 Å². The van der Waals surface area contributed by atoms with Gasteiger partial charge in [-0.05, 0) is 74.0 Å². The summed E-state index contributed by atoms with van der Waals surface area (Å²) < 4.78 is 2.51. The fourth-order valence-electron chi connectivity index (χ4n) is 9.15. The molecule has 4 nitrogen and oxygen atoms in total. The molecule has 10 aromatic carbocycles. The number of benzene rings is 10. The molecule has 4 heteroatoms. The fourth-order valence-corrected chi connectivity index (χ4v) is 9.15. The standard InChI is InChI=1S/C57H36N4/c1-4-17-37(18-5-1)41-26-16-27-44(33-41)48-36-49(57-59-55(39-20-6-2-7-21-39)58-56(60-57)40-22-8-3-9-23-40)46-29-14-15-30-47(46)54(48)61-51-32-31-38-19-12-13-28-45(38)53(51)50-34-42-24-10-11-25-43(42)35-52(50)61/h1-36H. The van der Waals surface area contributed by atoms with Crippen molar-refractivity contribution < 1.29 is 0 Å². The fraction of sp³-hybridized carbons (Fsp3) is 0. The number of aromatic nitrogens is 4. The van der Waals surface area contributed by atoms with Gasteiger partial charge in [0.1, 0.15) is 0 Å². The third-order valence-corrected chi connectivity index (χ3v) is 12.0. The molecule has 284 valence electrons. The minimum absolute atomic E-state index is 0.620. The van der Waals surface area contributed by atoms with Crippen molar-refractivity contribution in [2.75, 3.05) is 0 Å². The second kappa shape index (κ2) is 14.3. The third kappa shape index (κ3) is 5.88. The topological polar surface area (TPSA) is 43.6 Å². The number of hydrogen-bond donors (Lipinski definition) is 0. The molecular weight excluding hydrogens is 741 g/mol. The van der Waals surface area contributed by atoms with Crippen molar-refractivity contribution in [1.82, 2.24) is 19.5 Å². The molecule has 0 bridgehead atoms. The summed E-state index contributed by atoms with van der Waals surface area (Å²) in [4.78, 5) is 15.6. The van der Waals surface area contributed by atoms with Crippen molar-refractivity contribution in [2.24, 2.45) is 0 Å². The number of rotatable bonds is 6. The van der Waals surface area contributed by atoms with E-state index in [4.69, 9.17) is 15.0 Å². The van der Waals surface area contributed by atoms with E-state index in [1.165, 1.54) is 37.9 Å². The quantitative estimate of drug-likeness (QED) is 0.169. The number of hydrogen-bond acceptors (Lipinski definition) is 3. The molecular formula is C57H36N4. The van der Waals surface area contributed by atoms with Gasteiger partial charge in [0.25, 0.3) is 0 Å². The van der Waals surface area contributed by atoms with Crippen molar-refractivity contribution in [2.45, 2.75) is 0 Å². The van der Waals surface area contributed by atoms with Crippen LogP contribution in [0.5, 0.6) is 0 Å². The lowest BCUT2D eigenvalue weighted by Gasteiger charge is -2.20. The Balaban J connectivity index is 1.23. The molecule has 12 aromatic rings. The van der Waals surface area contributed by atoms with Crippen LogP contribution in [-0.4, -0.2) is 19.5 Å². The van der Waals surface area contributed by atoms with Gasteiger partial charge in [-0.25, -0.2) is 15.0 Å². The zero-order valence-electron chi connectivity index (χ0n) is 33.1. The molecule has 0 atom stereocenters. The van der Waals surface area contributed by atoms with E-state index < -0.39 is 0 Å². The second-order valence-electron chi connectivity index (χ2n) is 15.6. The summed E-state index contributed by atoms with van der Waals surface area (Å²) in [5.74, 6) is 1.88. The van der Waals surface area contributed by atoms with E-state index in [0.29, 0.717) is 17.5 Å². The van der Waals surface area contributed by atoms with Crippen LogP contribution in [0.15, 0.2) is 218 Å². The minimum atomic E-state index is 0.620. The van der Waals surface area contributed by atoms with Crippen LogP contribution in [0.4, 0.5) is 0 Å². The van der Waals surface area contributed by atoms with Crippen molar-refractivity contribution in [3.63, 3.8) is 0 Å². The van der Waals surface area contributed by atoms with Gasteiger partial charge in [0, 0.05) is 38.4 Å². The Morgan fingerprint density at radius 1 is 0.279 bits per heavy atom. The Labute approximate surface area is 352 Å². The highest BCUT2D eigenvalue weighted by Crippen LogP contribution is 2.46. The Bertz CT molecular complexity index is 3570. The molecule has 0 unspecified atom stereocenters. The molecule has 2 heterocycles. The maximum absolute atomic E-state index is 5.28. The molecule has 0 aliphatic rings. The van der Waals surface area contributed by atoms with E-state index in [1.54, 1.807) is 0 Å². The molecule has 0 N–H and O–H groups in total. The largest absolute Gasteiger partial charge is 0.308 e. The molecule has 0 aliphatic heterocycles. The monoisotopic (exact) mass is 776 g/mol. The first kappa shape index (κ1) is 34.8. The lowest BCUT2D eigenvalue weighted by Crippen LogP contribution is -2.03. The second-order valence-corrected chi connectivity index (χ2v) is 15.6. The Kier molecular flexibility index (Phi) is 8.13. The van der Waals surface area contributed by atoms with Gasteiger partial charge in [0.15, 0.2) is 17.5 Å². The van der Waals surface area contributed by atoms with Gasteiger partial charge in [-0.2, -0.15) is 0 Å². The summed E-state index contributed by atoms with van der Waals surface area (Å²) in [6.07, 6.45) is 0. The predicted molar refractivity (Wildman–Crippen MR) is 254 cm³/mol. The number of fused-ring (bicyclic) bond motifs is 7. The summed E-state index contributed by atoms with van der Waals surface area (Å²) in [5.41, 5.74) is 10.7. The Hall–Kier alpha value is -8.21. The maximum atomic E-state index is 5.28. The van der Waals surface area contributed by atoms with Crippen LogP contribution in [0.2, 0.25) is 0 Å². The molecule has 61 heavy (non-hydrogen) atoms. The molecule has 0 saturated heterocycles. The summed E-state index contributed by atoms with van der Waals surface area (Å²) in [6, 6.07) is 77.8. The molecule has 12 rings (SSSR count). The lowest BCUT2D eigenvalue weighted by molar-refractivity contribution is 1.08. The van der Waals surface area contributed by atoms with Gasteiger partial charge in [0.05, 0.1) is 16.7 Å². The maximum Gasteiger partial charge on any atom is 0.164 e. The van der Waals surface area contributed by atoms with Gasteiger partial charge in [-0.15, -0.1) is 0 Å². The molecule has 0 amide bonds. The van der Waals surface area contributed by atoms with Crippen LogP contribution in [0, 0.1) is 0 Å².